The maximum atomic E-state index is 11.4. The Balaban J connectivity index is 0.00000300. The summed E-state index contributed by atoms with van der Waals surface area (Å²) in [4.78, 5) is 32.6. The third-order valence-corrected chi connectivity index (χ3v) is 6.08. The molecule has 1 aliphatic rings. The molecule has 1 fully saturated rings. The topological polar surface area (TPSA) is 91.6 Å². The first-order valence-corrected chi connectivity index (χ1v) is 10.4. The first-order valence-electron chi connectivity index (χ1n) is 9.56. The van der Waals surface area contributed by atoms with Crippen molar-refractivity contribution in [3.05, 3.63) is 45.9 Å². The number of aromatic nitrogens is 1. The minimum absolute atomic E-state index is 0. The van der Waals surface area contributed by atoms with E-state index in [4.69, 9.17) is 5.84 Å². The highest BCUT2D eigenvalue weighted by Gasteiger charge is 2.18. The molecule has 3 rings (SSSR count). The van der Waals surface area contributed by atoms with Gasteiger partial charge in [-0.15, -0.1) is 11.3 Å². The number of hydrogen-bond acceptors (Lipinski definition) is 6. The van der Waals surface area contributed by atoms with Crippen LogP contribution in [0.5, 0.6) is 0 Å². The lowest BCUT2D eigenvalue weighted by Gasteiger charge is -2.35. The Labute approximate surface area is 176 Å². The molecular weight excluding hydrogens is 386 g/mol. The molecule has 3 heterocycles. The second kappa shape index (κ2) is 10.9. The molecule has 1 saturated heterocycles. The zero-order chi connectivity index (χ0) is 19.9. The zero-order valence-electron chi connectivity index (χ0n) is 16.2. The second-order valence-corrected chi connectivity index (χ2v) is 7.99. The predicted molar refractivity (Wildman–Crippen MR) is 118 cm³/mol. The van der Waals surface area contributed by atoms with Gasteiger partial charge in [-0.3, -0.25) is 20.0 Å². The summed E-state index contributed by atoms with van der Waals surface area (Å²) in [5, 5.41) is 2.15. The van der Waals surface area contributed by atoms with Crippen molar-refractivity contribution in [2.45, 2.75) is 40.0 Å². The van der Waals surface area contributed by atoms with Crippen molar-refractivity contribution >= 4 is 28.8 Å². The molecule has 0 unspecified atom stereocenters. The van der Waals surface area contributed by atoms with Gasteiger partial charge in [-0.25, -0.2) is 5.84 Å². The molecule has 0 saturated carbocycles. The van der Waals surface area contributed by atoms with E-state index in [0.717, 1.165) is 56.8 Å². The summed E-state index contributed by atoms with van der Waals surface area (Å²) < 4.78 is 0. The number of nitrogens with two attached hydrogens (primary N) is 1. The molecule has 1 aliphatic heterocycles. The average Bonchev–Trinajstić information content (AvgIpc) is 3.19. The Morgan fingerprint density at radius 1 is 1.17 bits per heavy atom. The maximum Gasteiger partial charge on any atom is 0.234 e. The Bertz CT molecular complexity index is 798. The number of carbonyl (C=O) groups is 2. The van der Waals surface area contributed by atoms with Crippen LogP contribution in [0.1, 0.15) is 36.9 Å². The number of nitrogens with one attached hydrogen (secondary N) is 1. The van der Waals surface area contributed by atoms with Gasteiger partial charge in [0.05, 0.1) is 11.9 Å². The molecule has 0 spiro atoms. The third-order valence-electron chi connectivity index (χ3n) is 5.04. The number of carbonyl (C=O) groups excluding carboxylic acids is 2. The van der Waals surface area contributed by atoms with E-state index < -0.39 is 0 Å². The second-order valence-electron chi connectivity index (χ2n) is 6.99. The molecule has 2 amide bonds. The molecule has 0 atom stereocenters. The number of nitrogens with zero attached hydrogens (tertiary/aromatic N) is 3. The van der Waals surface area contributed by atoms with E-state index in [1.165, 1.54) is 10.4 Å². The van der Waals surface area contributed by atoms with E-state index in [2.05, 4.69) is 38.9 Å². The summed E-state index contributed by atoms with van der Waals surface area (Å²) in [5.41, 5.74) is 5.62. The van der Waals surface area contributed by atoms with Gasteiger partial charge in [0.25, 0.3) is 0 Å². The van der Waals surface area contributed by atoms with Crippen molar-refractivity contribution in [2.75, 3.05) is 31.1 Å². The number of anilines is 1. The Hall–Kier alpha value is -2.45. The van der Waals surface area contributed by atoms with Crippen LogP contribution >= 0.6 is 11.3 Å². The lowest BCUT2D eigenvalue weighted by molar-refractivity contribution is -0.129. The number of amides is 2. The lowest BCUT2D eigenvalue weighted by atomic mass is 10.1. The maximum absolute atomic E-state index is 11.4. The van der Waals surface area contributed by atoms with Crippen molar-refractivity contribution < 1.29 is 9.59 Å². The van der Waals surface area contributed by atoms with Gasteiger partial charge < -0.3 is 9.80 Å². The fraction of sp³-hybridized carbons (Fsp3) is 0.476. The smallest absolute Gasteiger partial charge is 0.234 e. The van der Waals surface area contributed by atoms with Gasteiger partial charge in [0.1, 0.15) is 0 Å². The highest BCUT2D eigenvalue weighted by Crippen LogP contribution is 2.19. The van der Waals surface area contributed by atoms with Gasteiger partial charge in [0.15, 0.2) is 0 Å². The molecular formula is C21H31N5O2S. The number of hydrazine groups is 1. The van der Waals surface area contributed by atoms with E-state index in [1.807, 2.05) is 11.1 Å². The molecule has 2 aromatic rings. The first-order chi connectivity index (χ1) is 13.5. The van der Waals surface area contributed by atoms with E-state index >= 15 is 0 Å². The van der Waals surface area contributed by atoms with Crippen LogP contribution in [0.25, 0.3) is 0 Å². The van der Waals surface area contributed by atoms with Crippen LogP contribution in [0.4, 0.5) is 5.69 Å². The largest absolute Gasteiger partial charge is 0.367 e. The van der Waals surface area contributed by atoms with Crippen molar-refractivity contribution in [3.8, 4) is 0 Å². The molecule has 0 bridgehead atoms. The van der Waals surface area contributed by atoms with Crippen LogP contribution in [0, 0.1) is 0 Å². The summed E-state index contributed by atoms with van der Waals surface area (Å²) in [7, 11) is 0. The van der Waals surface area contributed by atoms with Crippen molar-refractivity contribution in [1.29, 1.82) is 0 Å². The Kier molecular flexibility index (Phi) is 8.60. The normalized spacial score (nSPS) is 13.7. The van der Waals surface area contributed by atoms with Crippen LogP contribution in [0.3, 0.4) is 0 Å². The molecule has 8 heteroatoms. The minimum Gasteiger partial charge on any atom is -0.367 e. The molecule has 7 nitrogen and oxygen atoms in total. The quantitative estimate of drug-likeness (QED) is 0.409. The lowest BCUT2D eigenvalue weighted by Crippen LogP contribution is -2.48. The molecule has 3 N–H and O–H groups in total. The molecule has 0 aromatic carbocycles. The standard InChI is InChI=1S/C20H27N5O2S.CH4/c1-15(26)24-8-10-25(11-9-24)18-5-4-17(22-13-18)3-2-16-12-19(28-14-16)6-7-20(27)23-21;/h4-5,12-14H,2-3,6-11,21H2,1H3,(H,23,27);1H4. The van der Waals surface area contributed by atoms with E-state index in [-0.39, 0.29) is 19.2 Å². The SMILES string of the molecule is C.CC(=O)N1CCN(c2ccc(CCc3csc(CCC(=O)NN)c3)nc2)CC1. The molecule has 0 aliphatic carbocycles. The number of piperazine rings is 1. The van der Waals surface area contributed by atoms with Crippen LogP contribution in [-0.4, -0.2) is 47.9 Å². The number of rotatable bonds is 7. The fourth-order valence-corrected chi connectivity index (χ4v) is 4.23. The third kappa shape index (κ3) is 6.54. The van der Waals surface area contributed by atoms with Gasteiger partial charge in [-0.1, -0.05) is 7.43 Å². The first kappa shape index (κ1) is 22.8. The van der Waals surface area contributed by atoms with Crippen molar-refractivity contribution in [1.82, 2.24) is 15.3 Å². The monoisotopic (exact) mass is 417 g/mol. The Morgan fingerprint density at radius 3 is 2.55 bits per heavy atom. The Morgan fingerprint density at radius 2 is 1.93 bits per heavy atom. The van der Waals surface area contributed by atoms with Crippen molar-refractivity contribution in [3.63, 3.8) is 0 Å². The van der Waals surface area contributed by atoms with Crippen LogP contribution in [-0.2, 0) is 28.9 Å². The van der Waals surface area contributed by atoms with Crippen molar-refractivity contribution in [2.24, 2.45) is 5.84 Å². The fourth-order valence-electron chi connectivity index (χ4n) is 3.30. The summed E-state index contributed by atoms with van der Waals surface area (Å²) in [5.74, 6) is 5.12. The number of hydrogen-bond donors (Lipinski definition) is 2. The van der Waals surface area contributed by atoms with Gasteiger partial charge in [-0.05, 0) is 48.4 Å². The molecule has 0 radical (unpaired) electrons. The van der Waals surface area contributed by atoms with E-state index in [0.29, 0.717) is 6.42 Å². The van der Waals surface area contributed by atoms with Gasteiger partial charge in [0.2, 0.25) is 11.8 Å². The predicted octanol–water partition coefficient (Wildman–Crippen LogP) is 2.16. The summed E-state index contributed by atoms with van der Waals surface area (Å²) >= 11 is 1.68. The number of pyridine rings is 1. The highest BCUT2D eigenvalue weighted by molar-refractivity contribution is 7.10. The van der Waals surface area contributed by atoms with Crippen LogP contribution in [0.2, 0.25) is 0 Å². The van der Waals surface area contributed by atoms with Gasteiger partial charge in [0, 0.05) is 50.1 Å². The van der Waals surface area contributed by atoms with E-state index in [9.17, 15) is 9.59 Å². The van der Waals surface area contributed by atoms with Gasteiger partial charge >= 0.3 is 0 Å². The van der Waals surface area contributed by atoms with Gasteiger partial charge in [-0.2, -0.15) is 0 Å². The number of aryl methyl sites for hydroxylation is 3. The average molecular weight is 418 g/mol. The molecule has 158 valence electrons. The summed E-state index contributed by atoms with van der Waals surface area (Å²) in [6.07, 6.45) is 4.89. The highest BCUT2D eigenvalue weighted by atomic mass is 32.1. The van der Waals surface area contributed by atoms with E-state index in [1.54, 1.807) is 18.3 Å². The van der Waals surface area contributed by atoms with Crippen LogP contribution < -0.4 is 16.2 Å². The number of thiophene rings is 1. The molecule has 2 aromatic heterocycles. The summed E-state index contributed by atoms with van der Waals surface area (Å²) in [6.45, 7) is 4.86. The minimum atomic E-state index is -0.137. The zero-order valence-corrected chi connectivity index (χ0v) is 17.0. The summed E-state index contributed by atoms with van der Waals surface area (Å²) in [6, 6.07) is 6.37. The molecule has 29 heavy (non-hydrogen) atoms. The van der Waals surface area contributed by atoms with Crippen LogP contribution in [0.15, 0.2) is 29.8 Å².